The molecule has 8 heteroatoms. The van der Waals surface area contributed by atoms with Crippen LogP contribution in [0, 0.1) is 17.2 Å². The van der Waals surface area contributed by atoms with Crippen molar-refractivity contribution in [2.24, 2.45) is 11.7 Å². The van der Waals surface area contributed by atoms with Gasteiger partial charge in [0.2, 0.25) is 10.0 Å². The van der Waals surface area contributed by atoms with Gasteiger partial charge < -0.3 is 5.73 Å². The number of benzene rings is 1. The first-order valence-electron chi connectivity index (χ1n) is 6.21. The molecular formula is C13H19BrClN3O2S. The van der Waals surface area contributed by atoms with Crippen molar-refractivity contribution in [3.63, 3.8) is 0 Å². The molecule has 0 aromatic heterocycles. The molecule has 0 fully saturated rings. The average Bonchev–Trinajstić information content (AvgIpc) is 2.36. The third-order valence-corrected chi connectivity index (χ3v) is 4.63. The molecule has 5 nitrogen and oxygen atoms in total. The van der Waals surface area contributed by atoms with E-state index in [0.29, 0.717) is 16.8 Å². The molecule has 0 aliphatic rings. The summed E-state index contributed by atoms with van der Waals surface area (Å²) in [6, 6.07) is 5.99. The van der Waals surface area contributed by atoms with Crippen molar-refractivity contribution in [3.8, 4) is 6.07 Å². The number of nitriles is 1. The van der Waals surface area contributed by atoms with Gasteiger partial charge in [-0.3, -0.25) is 0 Å². The zero-order chi connectivity index (χ0) is 15.3. The van der Waals surface area contributed by atoms with Gasteiger partial charge >= 0.3 is 0 Å². The highest BCUT2D eigenvalue weighted by Crippen LogP contribution is 2.20. The van der Waals surface area contributed by atoms with Gasteiger partial charge in [0.05, 0.1) is 16.5 Å². The summed E-state index contributed by atoms with van der Waals surface area (Å²) < 4.78 is 27.7. The van der Waals surface area contributed by atoms with Gasteiger partial charge in [-0.05, 0) is 30.5 Å². The van der Waals surface area contributed by atoms with Crippen LogP contribution in [0.5, 0.6) is 0 Å². The summed E-state index contributed by atoms with van der Waals surface area (Å²) >= 11 is 3.20. The first kappa shape index (κ1) is 20.3. The minimum Gasteiger partial charge on any atom is -0.329 e. The molecule has 0 saturated heterocycles. The molecule has 0 spiro atoms. The maximum Gasteiger partial charge on any atom is 0.240 e. The number of sulfonamides is 1. The molecule has 0 saturated carbocycles. The number of halogens is 2. The number of hydrogen-bond donors (Lipinski definition) is 2. The van der Waals surface area contributed by atoms with Crippen LogP contribution in [0.1, 0.15) is 25.8 Å². The Labute approximate surface area is 140 Å². The normalized spacial score (nSPS) is 12.6. The Morgan fingerprint density at radius 2 is 2.00 bits per heavy atom. The lowest BCUT2D eigenvalue weighted by Gasteiger charge is -2.19. The number of nitrogens with two attached hydrogens (primary N) is 1. The lowest BCUT2D eigenvalue weighted by Crippen LogP contribution is -2.41. The topological polar surface area (TPSA) is 96.0 Å². The van der Waals surface area contributed by atoms with Crippen molar-refractivity contribution >= 4 is 38.4 Å². The van der Waals surface area contributed by atoms with Gasteiger partial charge in [0, 0.05) is 17.1 Å². The Hall–Kier alpha value is -0.650. The number of nitrogens with zero attached hydrogens (tertiary/aromatic N) is 1. The number of hydrogen-bond acceptors (Lipinski definition) is 4. The highest BCUT2D eigenvalue weighted by molar-refractivity contribution is 9.10. The predicted molar refractivity (Wildman–Crippen MR) is 88.7 cm³/mol. The van der Waals surface area contributed by atoms with Gasteiger partial charge in [0.1, 0.15) is 0 Å². The van der Waals surface area contributed by atoms with Crippen molar-refractivity contribution in [3.05, 3.63) is 28.2 Å². The van der Waals surface area contributed by atoms with Crippen molar-refractivity contribution in [2.45, 2.75) is 31.2 Å². The molecule has 21 heavy (non-hydrogen) atoms. The molecule has 1 atom stereocenters. The van der Waals surface area contributed by atoms with E-state index < -0.39 is 10.0 Å². The molecular weight excluding hydrogens is 378 g/mol. The molecule has 1 rings (SSSR count). The fraction of sp³-hybridized carbons (Fsp3) is 0.462. The van der Waals surface area contributed by atoms with E-state index in [4.69, 9.17) is 11.0 Å². The van der Waals surface area contributed by atoms with E-state index in [1.165, 1.54) is 12.1 Å². The Kier molecular flexibility index (Phi) is 8.44. The molecule has 1 unspecified atom stereocenters. The second-order valence-electron chi connectivity index (χ2n) is 4.97. The van der Waals surface area contributed by atoms with Gasteiger partial charge in [0.15, 0.2) is 0 Å². The predicted octanol–water partition coefficient (Wildman–Crippen LogP) is 2.39. The molecule has 3 N–H and O–H groups in total. The van der Waals surface area contributed by atoms with E-state index in [9.17, 15) is 8.42 Å². The molecule has 0 amide bonds. The molecule has 0 aliphatic heterocycles. The average molecular weight is 397 g/mol. The van der Waals surface area contributed by atoms with Crippen LogP contribution in [-0.2, 0) is 10.0 Å². The van der Waals surface area contributed by atoms with E-state index in [1.807, 2.05) is 19.9 Å². The molecule has 0 bridgehead atoms. The minimum atomic E-state index is -3.68. The van der Waals surface area contributed by atoms with Crippen molar-refractivity contribution in [2.75, 3.05) is 6.54 Å². The van der Waals surface area contributed by atoms with Gasteiger partial charge in [0.25, 0.3) is 0 Å². The van der Waals surface area contributed by atoms with Crippen LogP contribution in [0.2, 0.25) is 0 Å². The Morgan fingerprint density at radius 1 is 1.38 bits per heavy atom. The van der Waals surface area contributed by atoms with Gasteiger partial charge in [-0.1, -0.05) is 29.8 Å². The zero-order valence-corrected chi connectivity index (χ0v) is 15.1. The van der Waals surface area contributed by atoms with Crippen LogP contribution in [0.3, 0.4) is 0 Å². The monoisotopic (exact) mass is 395 g/mol. The van der Waals surface area contributed by atoms with Crippen LogP contribution in [0.15, 0.2) is 27.6 Å². The lowest BCUT2D eigenvalue weighted by molar-refractivity contribution is 0.465. The summed E-state index contributed by atoms with van der Waals surface area (Å²) in [6.45, 7) is 4.24. The van der Waals surface area contributed by atoms with Crippen LogP contribution in [0.25, 0.3) is 0 Å². The molecule has 118 valence electrons. The standard InChI is InChI=1S/C13H18BrN3O2S.ClH/c1-9(2)3-12(8-16)17-20(18,19)13-5-10(7-15)4-11(14)6-13;/h4-6,9,12,17H,3,8,16H2,1-2H3;1H. The molecule has 0 radical (unpaired) electrons. The van der Waals surface area contributed by atoms with Crippen LogP contribution >= 0.6 is 28.3 Å². The van der Waals surface area contributed by atoms with Crippen molar-refractivity contribution in [1.29, 1.82) is 5.26 Å². The second-order valence-corrected chi connectivity index (χ2v) is 7.60. The summed E-state index contributed by atoms with van der Waals surface area (Å²) in [6.07, 6.45) is 0.662. The molecule has 1 aromatic rings. The molecule has 0 aliphatic carbocycles. The fourth-order valence-electron chi connectivity index (χ4n) is 1.83. The fourth-order valence-corrected chi connectivity index (χ4v) is 3.81. The summed E-state index contributed by atoms with van der Waals surface area (Å²) in [5, 5.41) is 8.89. The summed E-state index contributed by atoms with van der Waals surface area (Å²) in [7, 11) is -3.68. The maximum atomic E-state index is 12.3. The van der Waals surface area contributed by atoms with Crippen molar-refractivity contribution in [1.82, 2.24) is 4.72 Å². The maximum absolute atomic E-state index is 12.3. The third-order valence-electron chi connectivity index (χ3n) is 2.67. The van der Waals surface area contributed by atoms with E-state index in [1.54, 1.807) is 6.07 Å². The Morgan fingerprint density at radius 3 is 2.48 bits per heavy atom. The lowest BCUT2D eigenvalue weighted by atomic mass is 10.1. The van der Waals surface area contributed by atoms with Crippen molar-refractivity contribution < 1.29 is 8.42 Å². The van der Waals surface area contributed by atoms with E-state index in [-0.39, 0.29) is 35.5 Å². The third kappa shape index (κ3) is 6.32. The van der Waals surface area contributed by atoms with E-state index in [2.05, 4.69) is 20.7 Å². The van der Waals surface area contributed by atoms with Gasteiger partial charge in [-0.2, -0.15) is 5.26 Å². The summed E-state index contributed by atoms with van der Waals surface area (Å²) in [4.78, 5) is 0.0608. The number of nitrogens with one attached hydrogen (secondary N) is 1. The van der Waals surface area contributed by atoms with Crippen LogP contribution in [-0.4, -0.2) is 21.0 Å². The largest absolute Gasteiger partial charge is 0.329 e. The van der Waals surface area contributed by atoms with Gasteiger partial charge in [-0.25, -0.2) is 13.1 Å². The summed E-state index contributed by atoms with van der Waals surface area (Å²) in [5.74, 6) is 0.337. The highest BCUT2D eigenvalue weighted by Gasteiger charge is 2.21. The SMILES string of the molecule is CC(C)CC(CN)NS(=O)(=O)c1cc(Br)cc(C#N)c1.Cl. The van der Waals surface area contributed by atoms with Crippen LogP contribution in [0.4, 0.5) is 0 Å². The smallest absolute Gasteiger partial charge is 0.240 e. The van der Waals surface area contributed by atoms with Crippen LogP contribution < -0.4 is 10.5 Å². The Bertz CT molecular complexity index is 614. The quantitative estimate of drug-likeness (QED) is 0.771. The molecule has 0 heterocycles. The Balaban J connectivity index is 0.00000400. The van der Waals surface area contributed by atoms with E-state index in [0.717, 1.165) is 0 Å². The minimum absolute atomic E-state index is 0. The second kappa shape index (κ2) is 8.71. The zero-order valence-electron chi connectivity index (χ0n) is 11.8. The molecule has 1 aromatic carbocycles. The summed E-state index contributed by atoms with van der Waals surface area (Å²) in [5.41, 5.74) is 5.89. The first-order chi connectivity index (χ1) is 9.28. The van der Waals surface area contributed by atoms with E-state index >= 15 is 0 Å². The first-order valence-corrected chi connectivity index (χ1v) is 8.49. The number of rotatable bonds is 6. The van der Waals surface area contributed by atoms with Gasteiger partial charge in [-0.15, -0.1) is 12.4 Å². The highest BCUT2D eigenvalue weighted by atomic mass is 79.9.